The van der Waals surface area contributed by atoms with Gasteiger partial charge in [-0.2, -0.15) is 5.10 Å². The molecule has 0 unspecified atom stereocenters. The summed E-state index contributed by atoms with van der Waals surface area (Å²) in [6.45, 7) is 0.302. The average Bonchev–Trinajstić information content (AvgIpc) is 2.94. The number of carbonyl (C=O) groups excluding carboxylic acids is 1. The lowest BCUT2D eigenvalue weighted by molar-refractivity contribution is 0.0950. The van der Waals surface area contributed by atoms with Crippen LogP contribution in [0, 0.1) is 0 Å². The molecule has 3 rings (SSSR count). The van der Waals surface area contributed by atoms with Crippen molar-refractivity contribution in [1.82, 2.24) is 20.1 Å². The fraction of sp³-hybridized carbons (Fsp3) is 0.118. The predicted molar refractivity (Wildman–Crippen MR) is 94.1 cm³/mol. The van der Waals surface area contributed by atoms with E-state index in [4.69, 9.17) is 23.2 Å². The topological polar surface area (TPSA) is 59.8 Å². The van der Waals surface area contributed by atoms with Gasteiger partial charge in [0.05, 0.1) is 28.5 Å². The van der Waals surface area contributed by atoms with Crippen LogP contribution >= 0.6 is 23.2 Å². The standard InChI is InChI=1S/C17H14Cl2N4O/c1-23-16(11-4-6-20-7-5-11)9-13(22-23)10-21-17(24)14-3-2-12(18)8-15(14)19/h2-9H,10H2,1H3,(H,21,24). The number of carbonyl (C=O) groups is 1. The maximum atomic E-state index is 12.2. The molecule has 0 bridgehead atoms. The molecule has 0 atom stereocenters. The summed E-state index contributed by atoms with van der Waals surface area (Å²) < 4.78 is 1.77. The van der Waals surface area contributed by atoms with Crippen molar-refractivity contribution >= 4 is 29.1 Å². The highest BCUT2D eigenvalue weighted by molar-refractivity contribution is 6.36. The molecule has 24 heavy (non-hydrogen) atoms. The quantitative estimate of drug-likeness (QED) is 0.771. The van der Waals surface area contributed by atoms with Crippen LogP contribution < -0.4 is 5.32 Å². The zero-order valence-electron chi connectivity index (χ0n) is 12.8. The van der Waals surface area contributed by atoms with Gasteiger partial charge in [-0.15, -0.1) is 0 Å². The minimum atomic E-state index is -0.271. The van der Waals surface area contributed by atoms with Crippen molar-refractivity contribution in [2.75, 3.05) is 0 Å². The van der Waals surface area contributed by atoms with E-state index < -0.39 is 0 Å². The monoisotopic (exact) mass is 360 g/mol. The Balaban J connectivity index is 1.72. The third-order valence-electron chi connectivity index (χ3n) is 3.51. The van der Waals surface area contributed by atoms with E-state index >= 15 is 0 Å². The Morgan fingerprint density at radius 2 is 1.92 bits per heavy atom. The molecule has 2 aromatic heterocycles. The number of aryl methyl sites for hydroxylation is 1. The highest BCUT2D eigenvalue weighted by atomic mass is 35.5. The van der Waals surface area contributed by atoms with Crippen LogP contribution in [-0.2, 0) is 13.6 Å². The third kappa shape index (κ3) is 3.58. The van der Waals surface area contributed by atoms with E-state index in [2.05, 4.69) is 15.4 Å². The number of nitrogens with zero attached hydrogens (tertiary/aromatic N) is 3. The van der Waals surface area contributed by atoms with Gasteiger partial charge in [0.25, 0.3) is 5.91 Å². The fourth-order valence-electron chi connectivity index (χ4n) is 2.35. The zero-order chi connectivity index (χ0) is 17.1. The van der Waals surface area contributed by atoms with Crippen molar-refractivity contribution in [1.29, 1.82) is 0 Å². The third-order valence-corrected chi connectivity index (χ3v) is 4.06. The summed E-state index contributed by atoms with van der Waals surface area (Å²) in [4.78, 5) is 16.2. The van der Waals surface area contributed by atoms with Crippen molar-refractivity contribution in [3.05, 3.63) is 70.1 Å². The summed E-state index contributed by atoms with van der Waals surface area (Å²) in [7, 11) is 1.86. The first-order valence-corrected chi connectivity index (χ1v) is 7.97. The lowest BCUT2D eigenvalue weighted by Gasteiger charge is -2.05. The van der Waals surface area contributed by atoms with Crippen LogP contribution in [0.2, 0.25) is 10.0 Å². The molecule has 1 amide bonds. The number of nitrogens with one attached hydrogen (secondary N) is 1. The first-order chi connectivity index (χ1) is 11.5. The second-order valence-electron chi connectivity index (χ2n) is 5.19. The molecule has 0 saturated carbocycles. The van der Waals surface area contributed by atoms with Crippen LogP contribution in [0.3, 0.4) is 0 Å². The number of halogens is 2. The summed E-state index contributed by atoms with van der Waals surface area (Å²) in [6, 6.07) is 10.5. The SMILES string of the molecule is Cn1nc(CNC(=O)c2ccc(Cl)cc2Cl)cc1-c1ccncc1. The van der Waals surface area contributed by atoms with Crippen LogP contribution in [-0.4, -0.2) is 20.7 Å². The minimum absolute atomic E-state index is 0.271. The van der Waals surface area contributed by atoms with Crippen LogP contribution in [0.25, 0.3) is 11.3 Å². The molecule has 3 aromatic rings. The first kappa shape index (κ1) is 16.5. The zero-order valence-corrected chi connectivity index (χ0v) is 14.3. The molecule has 2 heterocycles. The molecular formula is C17H14Cl2N4O. The first-order valence-electron chi connectivity index (χ1n) is 7.21. The van der Waals surface area contributed by atoms with Crippen LogP contribution in [0.1, 0.15) is 16.1 Å². The van der Waals surface area contributed by atoms with Gasteiger partial charge in [-0.25, -0.2) is 0 Å². The summed E-state index contributed by atoms with van der Waals surface area (Å²) in [6.07, 6.45) is 3.46. The number of hydrogen-bond acceptors (Lipinski definition) is 3. The Bertz CT molecular complexity index is 878. The van der Waals surface area contributed by atoms with E-state index in [-0.39, 0.29) is 5.91 Å². The van der Waals surface area contributed by atoms with Crippen molar-refractivity contribution in [3.8, 4) is 11.3 Å². The van der Waals surface area contributed by atoms with Crippen molar-refractivity contribution in [3.63, 3.8) is 0 Å². The summed E-state index contributed by atoms with van der Waals surface area (Å²) >= 11 is 11.9. The molecule has 0 aliphatic carbocycles. The van der Waals surface area contributed by atoms with Gasteiger partial charge in [0, 0.05) is 30.0 Å². The van der Waals surface area contributed by atoms with E-state index in [9.17, 15) is 4.79 Å². The minimum Gasteiger partial charge on any atom is -0.346 e. The molecule has 0 radical (unpaired) electrons. The highest BCUT2D eigenvalue weighted by Crippen LogP contribution is 2.21. The normalized spacial score (nSPS) is 10.6. The molecule has 0 aliphatic heterocycles. The van der Waals surface area contributed by atoms with Gasteiger partial charge in [0.15, 0.2) is 0 Å². The van der Waals surface area contributed by atoms with Gasteiger partial charge < -0.3 is 5.32 Å². The maximum Gasteiger partial charge on any atom is 0.253 e. The molecule has 122 valence electrons. The molecule has 0 aliphatic rings. The Morgan fingerprint density at radius 3 is 2.62 bits per heavy atom. The van der Waals surface area contributed by atoms with Crippen molar-refractivity contribution < 1.29 is 4.79 Å². The molecule has 7 heteroatoms. The number of rotatable bonds is 4. The molecular weight excluding hydrogens is 347 g/mol. The average molecular weight is 361 g/mol. The van der Waals surface area contributed by atoms with Gasteiger partial charge in [0.2, 0.25) is 0 Å². The van der Waals surface area contributed by atoms with E-state index in [1.54, 1.807) is 35.3 Å². The molecule has 0 fully saturated rings. The van der Waals surface area contributed by atoms with Crippen LogP contribution in [0.5, 0.6) is 0 Å². The number of pyridine rings is 1. The Labute approximate surface area is 149 Å². The van der Waals surface area contributed by atoms with E-state index in [0.29, 0.717) is 22.2 Å². The molecule has 1 N–H and O–H groups in total. The van der Waals surface area contributed by atoms with E-state index in [0.717, 1.165) is 17.0 Å². The largest absolute Gasteiger partial charge is 0.346 e. The highest BCUT2D eigenvalue weighted by Gasteiger charge is 2.12. The van der Waals surface area contributed by atoms with Crippen LogP contribution in [0.4, 0.5) is 0 Å². The van der Waals surface area contributed by atoms with E-state index in [1.807, 2.05) is 25.2 Å². The fourth-order valence-corrected chi connectivity index (χ4v) is 2.84. The predicted octanol–water partition coefficient (Wildman–Crippen LogP) is 3.72. The summed E-state index contributed by atoms with van der Waals surface area (Å²) in [5.41, 5.74) is 3.10. The van der Waals surface area contributed by atoms with E-state index in [1.165, 1.54) is 0 Å². The molecule has 1 aromatic carbocycles. The number of hydrogen-bond donors (Lipinski definition) is 1. The lowest BCUT2D eigenvalue weighted by atomic mass is 10.2. The molecule has 5 nitrogen and oxygen atoms in total. The summed E-state index contributed by atoms with van der Waals surface area (Å²) in [5.74, 6) is -0.271. The maximum absolute atomic E-state index is 12.2. The number of amides is 1. The Hall–Kier alpha value is -2.37. The van der Waals surface area contributed by atoms with Gasteiger partial charge in [0.1, 0.15) is 0 Å². The van der Waals surface area contributed by atoms with Gasteiger partial charge >= 0.3 is 0 Å². The lowest BCUT2D eigenvalue weighted by Crippen LogP contribution is -2.23. The van der Waals surface area contributed by atoms with Gasteiger partial charge in [-0.3, -0.25) is 14.5 Å². The van der Waals surface area contributed by atoms with Crippen molar-refractivity contribution in [2.45, 2.75) is 6.54 Å². The second kappa shape index (κ2) is 7.03. The second-order valence-corrected chi connectivity index (χ2v) is 6.03. The van der Waals surface area contributed by atoms with Crippen molar-refractivity contribution in [2.24, 2.45) is 7.05 Å². The van der Waals surface area contributed by atoms with Gasteiger partial charge in [-0.05, 0) is 36.4 Å². The molecule has 0 saturated heterocycles. The van der Waals surface area contributed by atoms with Crippen LogP contribution in [0.15, 0.2) is 48.8 Å². The Kier molecular flexibility index (Phi) is 4.83. The van der Waals surface area contributed by atoms with Gasteiger partial charge in [-0.1, -0.05) is 23.2 Å². The Morgan fingerprint density at radius 1 is 1.17 bits per heavy atom. The number of benzene rings is 1. The smallest absolute Gasteiger partial charge is 0.253 e. The summed E-state index contributed by atoms with van der Waals surface area (Å²) in [5, 5.41) is 8.04. The number of aromatic nitrogens is 3. The molecule has 0 spiro atoms.